The highest BCUT2D eigenvalue weighted by Crippen LogP contribution is 2.32. The quantitative estimate of drug-likeness (QED) is 0.411. The Morgan fingerprint density at radius 2 is 2.09 bits per heavy atom. The van der Waals surface area contributed by atoms with Crippen molar-refractivity contribution in [1.82, 2.24) is 0 Å². The molecule has 0 fully saturated rings. The first kappa shape index (κ1) is 16.3. The van der Waals surface area contributed by atoms with E-state index in [4.69, 9.17) is 9.15 Å². The van der Waals surface area contributed by atoms with Crippen LogP contribution in [0.5, 0.6) is 5.75 Å². The Morgan fingerprint density at radius 1 is 1.26 bits per heavy atom. The number of ether oxygens (including phenoxy) is 1. The zero-order valence-electron chi connectivity index (χ0n) is 12.0. The van der Waals surface area contributed by atoms with Crippen molar-refractivity contribution in [2.24, 2.45) is 0 Å². The van der Waals surface area contributed by atoms with Crippen LogP contribution >= 0.6 is 31.9 Å². The second kappa shape index (κ2) is 6.88. The predicted octanol–water partition coefficient (Wildman–Crippen LogP) is 3.89. The van der Waals surface area contributed by atoms with E-state index in [0.29, 0.717) is 12.3 Å². The largest absolute Gasteiger partial charge is 0.457 e. The van der Waals surface area contributed by atoms with Gasteiger partial charge in [0, 0.05) is 12.2 Å². The first-order chi connectivity index (χ1) is 11.1. The minimum absolute atomic E-state index is 0.0497. The minimum Gasteiger partial charge on any atom is -0.457 e. The van der Waals surface area contributed by atoms with Gasteiger partial charge in [0.15, 0.2) is 0 Å². The molecule has 0 N–H and O–H groups in total. The highest BCUT2D eigenvalue weighted by molar-refractivity contribution is 9.25. The number of carbonyl (C=O) groups is 2. The summed E-state index contributed by atoms with van der Waals surface area (Å²) < 4.78 is 9.91. The first-order valence-corrected chi connectivity index (χ1v) is 8.87. The summed E-state index contributed by atoms with van der Waals surface area (Å²) in [6.45, 7) is 0.672. The summed E-state index contributed by atoms with van der Waals surface area (Å²) in [7, 11) is 0. The maximum absolute atomic E-state index is 12.2. The van der Waals surface area contributed by atoms with E-state index < -0.39 is 9.71 Å². The van der Waals surface area contributed by atoms with Gasteiger partial charge in [0.1, 0.15) is 9.49 Å². The SMILES string of the molecule is O=C(Oc1ccc2c(c1)CCCN2C(=O)C(Br)Br)c1ccco1. The number of benzene rings is 1. The third-order valence-corrected chi connectivity index (χ3v) is 4.34. The second-order valence-corrected chi connectivity index (χ2v) is 8.11. The van der Waals surface area contributed by atoms with Crippen LogP contribution in [0.1, 0.15) is 22.5 Å². The summed E-state index contributed by atoms with van der Waals surface area (Å²) in [6, 6.07) is 8.46. The number of fused-ring (bicyclic) bond motifs is 1. The Bertz CT molecular complexity index is 728. The molecule has 0 atom stereocenters. The number of aryl methyl sites for hydroxylation is 1. The Morgan fingerprint density at radius 3 is 2.78 bits per heavy atom. The van der Waals surface area contributed by atoms with Crippen LogP contribution in [-0.4, -0.2) is 22.2 Å². The van der Waals surface area contributed by atoms with Crippen LogP contribution in [0.3, 0.4) is 0 Å². The monoisotopic (exact) mass is 441 g/mol. The normalized spacial score (nSPS) is 13.8. The van der Waals surface area contributed by atoms with Gasteiger partial charge in [-0.05, 0) is 48.7 Å². The van der Waals surface area contributed by atoms with Crippen molar-refractivity contribution in [1.29, 1.82) is 0 Å². The molecule has 0 saturated heterocycles. The third kappa shape index (κ3) is 3.50. The molecule has 1 aromatic carbocycles. The van der Waals surface area contributed by atoms with Gasteiger partial charge >= 0.3 is 5.97 Å². The van der Waals surface area contributed by atoms with Crippen molar-refractivity contribution in [3.8, 4) is 5.75 Å². The van der Waals surface area contributed by atoms with E-state index in [1.54, 1.807) is 35.2 Å². The van der Waals surface area contributed by atoms with Gasteiger partial charge in [-0.3, -0.25) is 4.79 Å². The zero-order chi connectivity index (χ0) is 16.4. The van der Waals surface area contributed by atoms with Crippen LogP contribution in [0.2, 0.25) is 0 Å². The molecule has 2 heterocycles. The number of alkyl halides is 2. The Hall–Kier alpha value is -1.60. The molecule has 0 radical (unpaired) electrons. The molecule has 0 spiro atoms. The van der Waals surface area contributed by atoms with Crippen molar-refractivity contribution in [2.75, 3.05) is 11.4 Å². The van der Waals surface area contributed by atoms with Crippen LogP contribution in [0.25, 0.3) is 0 Å². The number of hydrogen-bond acceptors (Lipinski definition) is 4. The van der Waals surface area contributed by atoms with Crippen LogP contribution < -0.4 is 9.64 Å². The molecule has 23 heavy (non-hydrogen) atoms. The predicted molar refractivity (Wildman–Crippen MR) is 92.4 cm³/mol. The number of furan rings is 1. The van der Waals surface area contributed by atoms with Gasteiger partial charge in [0.25, 0.3) is 5.91 Å². The molecular weight excluding hydrogens is 430 g/mol. The fourth-order valence-corrected chi connectivity index (χ4v) is 3.03. The average molecular weight is 443 g/mol. The highest BCUT2D eigenvalue weighted by Gasteiger charge is 2.26. The Kier molecular flexibility index (Phi) is 4.87. The van der Waals surface area contributed by atoms with Gasteiger partial charge in [-0.15, -0.1) is 0 Å². The third-order valence-electron chi connectivity index (χ3n) is 3.56. The highest BCUT2D eigenvalue weighted by atomic mass is 79.9. The maximum Gasteiger partial charge on any atom is 0.379 e. The topological polar surface area (TPSA) is 59.8 Å². The van der Waals surface area contributed by atoms with Gasteiger partial charge in [-0.2, -0.15) is 0 Å². The number of rotatable bonds is 3. The molecule has 0 bridgehead atoms. The lowest BCUT2D eigenvalue weighted by atomic mass is 10.0. The fraction of sp³-hybridized carbons (Fsp3) is 0.250. The lowest BCUT2D eigenvalue weighted by molar-refractivity contribution is -0.116. The molecule has 0 saturated carbocycles. The number of anilines is 1. The number of halogens is 2. The lowest BCUT2D eigenvalue weighted by Crippen LogP contribution is -2.38. The van der Waals surface area contributed by atoms with Crippen molar-refractivity contribution >= 4 is 49.4 Å². The lowest BCUT2D eigenvalue weighted by Gasteiger charge is -2.30. The van der Waals surface area contributed by atoms with Crippen LogP contribution in [-0.2, 0) is 11.2 Å². The summed E-state index contributed by atoms with van der Waals surface area (Å²) in [5, 5.41) is 0. The van der Waals surface area contributed by atoms with E-state index in [-0.39, 0.29) is 11.7 Å². The van der Waals surface area contributed by atoms with Crippen molar-refractivity contribution in [3.05, 3.63) is 47.9 Å². The molecule has 120 valence electrons. The van der Waals surface area contributed by atoms with Crippen LogP contribution in [0.15, 0.2) is 41.0 Å². The molecule has 5 nitrogen and oxygen atoms in total. The van der Waals surface area contributed by atoms with E-state index in [1.165, 1.54) is 6.26 Å². The molecule has 7 heteroatoms. The summed E-state index contributed by atoms with van der Waals surface area (Å²) in [6.07, 6.45) is 3.12. The molecule has 2 aromatic rings. The Balaban J connectivity index is 1.82. The minimum atomic E-state index is -0.542. The molecule has 1 aromatic heterocycles. The molecule has 1 amide bonds. The van der Waals surface area contributed by atoms with Gasteiger partial charge in [-0.1, -0.05) is 31.9 Å². The molecule has 0 aliphatic carbocycles. The average Bonchev–Trinajstić information content (AvgIpc) is 3.08. The Labute approximate surface area is 149 Å². The standard InChI is InChI=1S/C16H13Br2NO4/c17-14(18)15(20)19-7-1-3-10-9-11(5-6-12(10)19)23-16(21)13-4-2-8-22-13/h2,4-6,8-9,14H,1,3,7H2. The molecule has 1 aliphatic heterocycles. The number of nitrogens with zero attached hydrogens (tertiary/aromatic N) is 1. The van der Waals surface area contributed by atoms with Crippen molar-refractivity contribution in [3.63, 3.8) is 0 Å². The van der Waals surface area contributed by atoms with E-state index >= 15 is 0 Å². The summed E-state index contributed by atoms with van der Waals surface area (Å²) >= 11 is 6.48. The molecule has 1 aliphatic rings. The smallest absolute Gasteiger partial charge is 0.379 e. The van der Waals surface area contributed by atoms with Gasteiger partial charge in [0.05, 0.1) is 6.26 Å². The van der Waals surface area contributed by atoms with E-state index in [9.17, 15) is 9.59 Å². The van der Waals surface area contributed by atoms with E-state index in [0.717, 1.165) is 24.1 Å². The van der Waals surface area contributed by atoms with E-state index in [2.05, 4.69) is 31.9 Å². The van der Waals surface area contributed by atoms with Gasteiger partial charge in [0.2, 0.25) is 5.76 Å². The summed E-state index contributed by atoms with van der Waals surface area (Å²) in [4.78, 5) is 25.9. The first-order valence-electron chi connectivity index (χ1n) is 7.04. The van der Waals surface area contributed by atoms with E-state index in [1.807, 2.05) is 0 Å². The van der Waals surface area contributed by atoms with Crippen LogP contribution in [0, 0.1) is 0 Å². The number of carbonyl (C=O) groups excluding carboxylic acids is 2. The number of amides is 1. The molecular formula is C16H13Br2NO4. The number of esters is 1. The van der Waals surface area contributed by atoms with Crippen LogP contribution in [0.4, 0.5) is 5.69 Å². The molecule has 0 unspecified atom stereocenters. The van der Waals surface area contributed by atoms with Gasteiger partial charge < -0.3 is 14.1 Å². The maximum atomic E-state index is 12.2. The van der Waals surface area contributed by atoms with Crippen molar-refractivity contribution in [2.45, 2.75) is 16.6 Å². The fourth-order valence-electron chi connectivity index (χ4n) is 2.54. The molecule has 3 rings (SSSR count). The zero-order valence-corrected chi connectivity index (χ0v) is 15.2. The van der Waals surface area contributed by atoms with Crippen molar-refractivity contribution < 1.29 is 18.7 Å². The second-order valence-electron chi connectivity index (χ2n) is 5.05. The number of hydrogen-bond donors (Lipinski definition) is 0. The summed E-state index contributed by atoms with van der Waals surface area (Å²) in [5.41, 5.74) is 1.83. The summed E-state index contributed by atoms with van der Waals surface area (Å²) in [5.74, 6) is 0.000537. The van der Waals surface area contributed by atoms with Gasteiger partial charge in [-0.25, -0.2) is 4.79 Å².